The van der Waals surface area contributed by atoms with Gasteiger partial charge in [-0.2, -0.15) is 0 Å². The van der Waals surface area contributed by atoms with Gasteiger partial charge in [0.15, 0.2) is 0 Å². The van der Waals surface area contributed by atoms with Crippen LogP contribution in [-0.4, -0.2) is 23.6 Å². The van der Waals surface area contributed by atoms with Crippen molar-refractivity contribution in [3.63, 3.8) is 0 Å². The molecule has 0 aliphatic heterocycles. The van der Waals surface area contributed by atoms with Crippen LogP contribution in [0.3, 0.4) is 0 Å². The molecule has 0 aromatic carbocycles. The first-order valence-corrected chi connectivity index (χ1v) is 5.17. The monoisotopic (exact) mass is 209 g/mol. The van der Waals surface area contributed by atoms with Gasteiger partial charge in [-0.05, 0) is 11.8 Å². The molecule has 1 N–H and O–H groups in total. The van der Waals surface area contributed by atoms with Crippen molar-refractivity contribution in [3.8, 4) is 5.88 Å². The van der Waals surface area contributed by atoms with Crippen LogP contribution in [0.2, 0.25) is 0 Å². The second kappa shape index (κ2) is 4.96. The standard InChI is InChI=1S/C11H19N3O/c1-5-11(2,3)7-12-9-6-10(15-4)14-8-13-9/h6,8H,5,7H2,1-4H3,(H,12,13,14). The summed E-state index contributed by atoms with van der Waals surface area (Å²) < 4.78 is 5.02. The van der Waals surface area contributed by atoms with Crippen molar-refractivity contribution in [2.75, 3.05) is 19.0 Å². The summed E-state index contributed by atoms with van der Waals surface area (Å²) in [5, 5.41) is 3.28. The van der Waals surface area contributed by atoms with Gasteiger partial charge in [0.2, 0.25) is 5.88 Å². The maximum Gasteiger partial charge on any atom is 0.218 e. The third kappa shape index (κ3) is 3.73. The Morgan fingerprint density at radius 2 is 2.13 bits per heavy atom. The highest BCUT2D eigenvalue weighted by molar-refractivity contribution is 5.37. The molecule has 0 aliphatic carbocycles. The van der Waals surface area contributed by atoms with Gasteiger partial charge in [0.1, 0.15) is 12.1 Å². The van der Waals surface area contributed by atoms with Crippen molar-refractivity contribution in [2.45, 2.75) is 27.2 Å². The minimum atomic E-state index is 0.276. The normalized spacial score (nSPS) is 11.2. The molecule has 1 aromatic rings. The Balaban J connectivity index is 2.57. The Hall–Kier alpha value is -1.32. The van der Waals surface area contributed by atoms with Crippen molar-refractivity contribution >= 4 is 5.82 Å². The Labute approximate surface area is 91.1 Å². The van der Waals surface area contributed by atoms with Crippen molar-refractivity contribution in [1.82, 2.24) is 9.97 Å². The predicted molar refractivity (Wildman–Crippen MR) is 61.1 cm³/mol. The summed E-state index contributed by atoms with van der Waals surface area (Å²) in [5.41, 5.74) is 0.276. The van der Waals surface area contributed by atoms with E-state index < -0.39 is 0 Å². The molecule has 0 saturated heterocycles. The molecule has 0 fully saturated rings. The molecule has 0 amide bonds. The third-order valence-electron chi connectivity index (χ3n) is 2.56. The average Bonchev–Trinajstić information content (AvgIpc) is 2.27. The van der Waals surface area contributed by atoms with E-state index >= 15 is 0 Å². The Morgan fingerprint density at radius 3 is 2.73 bits per heavy atom. The predicted octanol–water partition coefficient (Wildman–Crippen LogP) is 2.33. The van der Waals surface area contributed by atoms with Crippen LogP contribution >= 0.6 is 0 Å². The van der Waals surface area contributed by atoms with Crippen LogP contribution < -0.4 is 10.1 Å². The van der Waals surface area contributed by atoms with Gasteiger partial charge < -0.3 is 10.1 Å². The molecule has 0 saturated carbocycles. The number of methoxy groups -OCH3 is 1. The van der Waals surface area contributed by atoms with E-state index in [0.717, 1.165) is 18.8 Å². The summed E-state index contributed by atoms with van der Waals surface area (Å²) in [6, 6.07) is 1.80. The van der Waals surface area contributed by atoms with Gasteiger partial charge in [-0.15, -0.1) is 0 Å². The quantitative estimate of drug-likeness (QED) is 0.808. The van der Waals surface area contributed by atoms with E-state index in [9.17, 15) is 0 Å². The molecule has 84 valence electrons. The Morgan fingerprint density at radius 1 is 1.40 bits per heavy atom. The maximum atomic E-state index is 5.02. The molecule has 0 bridgehead atoms. The molecule has 4 nitrogen and oxygen atoms in total. The highest BCUT2D eigenvalue weighted by Gasteiger charge is 2.14. The van der Waals surface area contributed by atoms with E-state index in [4.69, 9.17) is 4.74 Å². The molecular weight excluding hydrogens is 190 g/mol. The molecule has 1 rings (SSSR count). The number of hydrogen-bond donors (Lipinski definition) is 1. The zero-order valence-corrected chi connectivity index (χ0v) is 9.87. The van der Waals surface area contributed by atoms with Crippen LogP contribution in [-0.2, 0) is 0 Å². The fourth-order valence-electron chi connectivity index (χ4n) is 1.00. The lowest BCUT2D eigenvalue weighted by molar-refractivity contribution is 0.375. The molecule has 1 heterocycles. The lowest BCUT2D eigenvalue weighted by Crippen LogP contribution is -2.22. The van der Waals surface area contributed by atoms with Gasteiger partial charge in [0, 0.05) is 12.6 Å². The van der Waals surface area contributed by atoms with Gasteiger partial charge >= 0.3 is 0 Å². The topological polar surface area (TPSA) is 47.0 Å². The first kappa shape index (κ1) is 11.8. The smallest absolute Gasteiger partial charge is 0.218 e. The molecule has 0 radical (unpaired) electrons. The second-order valence-corrected chi connectivity index (χ2v) is 4.32. The van der Waals surface area contributed by atoms with E-state index in [1.807, 2.05) is 0 Å². The van der Waals surface area contributed by atoms with Crippen molar-refractivity contribution in [2.24, 2.45) is 5.41 Å². The van der Waals surface area contributed by atoms with Gasteiger partial charge in [0.25, 0.3) is 0 Å². The highest BCUT2D eigenvalue weighted by atomic mass is 16.5. The zero-order valence-electron chi connectivity index (χ0n) is 9.87. The fraction of sp³-hybridized carbons (Fsp3) is 0.636. The summed E-state index contributed by atoms with van der Waals surface area (Å²) in [4.78, 5) is 8.07. The van der Waals surface area contributed by atoms with Crippen LogP contribution in [0.15, 0.2) is 12.4 Å². The molecule has 0 spiro atoms. The summed E-state index contributed by atoms with van der Waals surface area (Å²) in [6.07, 6.45) is 2.63. The van der Waals surface area contributed by atoms with E-state index in [1.165, 1.54) is 6.33 Å². The van der Waals surface area contributed by atoms with E-state index in [2.05, 4.69) is 36.1 Å². The number of hydrogen-bond acceptors (Lipinski definition) is 4. The highest BCUT2D eigenvalue weighted by Crippen LogP contribution is 2.20. The zero-order chi connectivity index (χ0) is 11.3. The SMILES string of the molecule is CCC(C)(C)CNc1cc(OC)ncn1. The number of ether oxygens (including phenoxy) is 1. The van der Waals surface area contributed by atoms with Gasteiger partial charge in [-0.25, -0.2) is 9.97 Å². The van der Waals surface area contributed by atoms with E-state index in [1.54, 1.807) is 13.2 Å². The van der Waals surface area contributed by atoms with E-state index in [0.29, 0.717) is 5.88 Å². The van der Waals surface area contributed by atoms with Crippen molar-refractivity contribution in [1.29, 1.82) is 0 Å². The molecule has 0 atom stereocenters. The van der Waals surface area contributed by atoms with Crippen molar-refractivity contribution < 1.29 is 4.74 Å². The Kier molecular flexibility index (Phi) is 3.88. The molecular formula is C11H19N3O. The molecule has 1 aromatic heterocycles. The minimum Gasteiger partial charge on any atom is -0.481 e. The van der Waals surface area contributed by atoms with Gasteiger partial charge in [-0.3, -0.25) is 0 Å². The second-order valence-electron chi connectivity index (χ2n) is 4.32. The maximum absolute atomic E-state index is 5.02. The first-order valence-electron chi connectivity index (χ1n) is 5.17. The molecule has 15 heavy (non-hydrogen) atoms. The molecule has 0 aliphatic rings. The minimum absolute atomic E-state index is 0.276. The summed E-state index contributed by atoms with van der Waals surface area (Å²) in [5.74, 6) is 1.39. The lowest BCUT2D eigenvalue weighted by atomic mass is 9.90. The largest absolute Gasteiger partial charge is 0.481 e. The number of anilines is 1. The van der Waals surface area contributed by atoms with Crippen LogP contribution in [0.1, 0.15) is 27.2 Å². The van der Waals surface area contributed by atoms with Crippen LogP contribution in [0.25, 0.3) is 0 Å². The van der Waals surface area contributed by atoms with Gasteiger partial charge in [0.05, 0.1) is 7.11 Å². The third-order valence-corrected chi connectivity index (χ3v) is 2.56. The summed E-state index contributed by atoms with van der Waals surface area (Å²) in [7, 11) is 1.60. The van der Waals surface area contributed by atoms with Crippen LogP contribution in [0.5, 0.6) is 5.88 Å². The lowest BCUT2D eigenvalue weighted by Gasteiger charge is -2.23. The summed E-state index contributed by atoms with van der Waals surface area (Å²) >= 11 is 0. The number of rotatable bonds is 5. The van der Waals surface area contributed by atoms with Crippen molar-refractivity contribution in [3.05, 3.63) is 12.4 Å². The molecule has 0 unspecified atom stereocenters. The number of aromatic nitrogens is 2. The molecule has 4 heteroatoms. The number of nitrogens with zero attached hydrogens (tertiary/aromatic N) is 2. The fourth-order valence-corrected chi connectivity index (χ4v) is 1.00. The first-order chi connectivity index (χ1) is 7.07. The van der Waals surface area contributed by atoms with Crippen LogP contribution in [0, 0.1) is 5.41 Å². The average molecular weight is 209 g/mol. The van der Waals surface area contributed by atoms with E-state index in [-0.39, 0.29) is 5.41 Å². The Bertz CT molecular complexity index is 312. The number of nitrogens with one attached hydrogen (secondary N) is 1. The summed E-state index contributed by atoms with van der Waals surface area (Å²) in [6.45, 7) is 7.52. The van der Waals surface area contributed by atoms with Gasteiger partial charge in [-0.1, -0.05) is 20.8 Å². The van der Waals surface area contributed by atoms with Crippen LogP contribution in [0.4, 0.5) is 5.82 Å².